The number of nitrogens with zero attached hydrogens (tertiary/aromatic N) is 1. The summed E-state index contributed by atoms with van der Waals surface area (Å²) < 4.78 is 16.1. The van der Waals surface area contributed by atoms with Gasteiger partial charge in [0.05, 0.1) is 18.2 Å². The van der Waals surface area contributed by atoms with Crippen molar-refractivity contribution in [3.8, 4) is 11.8 Å². The van der Waals surface area contributed by atoms with Crippen LogP contribution in [0.25, 0.3) is 11.0 Å². The molecule has 0 N–H and O–H groups in total. The zero-order valence-electron chi connectivity index (χ0n) is 12.4. The van der Waals surface area contributed by atoms with E-state index in [1.807, 2.05) is 24.3 Å². The number of benzene rings is 2. The molecule has 0 aliphatic heterocycles. The lowest BCUT2D eigenvalue weighted by molar-refractivity contribution is 0.0697. The Hall–Kier alpha value is -3.10. The van der Waals surface area contributed by atoms with E-state index in [-0.39, 0.29) is 12.4 Å². The monoisotopic (exact) mass is 307 g/mol. The number of rotatable bonds is 4. The lowest BCUT2D eigenvalue weighted by Gasteiger charge is -2.04. The summed E-state index contributed by atoms with van der Waals surface area (Å²) in [5.41, 5.74) is 1.75. The van der Waals surface area contributed by atoms with Crippen molar-refractivity contribution < 1.29 is 18.7 Å². The molecule has 0 spiro atoms. The molecule has 23 heavy (non-hydrogen) atoms. The van der Waals surface area contributed by atoms with Crippen LogP contribution in [0, 0.1) is 11.3 Å². The van der Waals surface area contributed by atoms with Gasteiger partial charge in [-0.25, -0.2) is 4.79 Å². The summed E-state index contributed by atoms with van der Waals surface area (Å²) in [4.78, 5) is 12.4. The van der Waals surface area contributed by atoms with E-state index < -0.39 is 5.97 Å². The summed E-state index contributed by atoms with van der Waals surface area (Å²) in [5.74, 6) is -0.131. The standard InChI is InChI=1S/C18H13NO4/c1-21-11-15-14-4-2-3-5-16(14)23-17(15)18(20)22-13-8-6-12(10-19)7-9-13/h2-9H,11H2,1H3. The maximum absolute atomic E-state index is 12.4. The molecule has 0 aliphatic rings. The molecule has 0 saturated carbocycles. The Morgan fingerprint density at radius 2 is 1.91 bits per heavy atom. The molecule has 0 unspecified atom stereocenters. The van der Waals surface area contributed by atoms with Crippen molar-refractivity contribution in [2.45, 2.75) is 6.61 Å². The summed E-state index contributed by atoms with van der Waals surface area (Å²) >= 11 is 0. The van der Waals surface area contributed by atoms with Crippen molar-refractivity contribution >= 4 is 16.9 Å². The van der Waals surface area contributed by atoms with Crippen molar-refractivity contribution in [2.75, 3.05) is 7.11 Å². The van der Waals surface area contributed by atoms with Crippen LogP contribution in [-0.4, -0.2) is 13.1 Å². The number of carbonyl (C=O) groups is 1. The van der Waals surface area contributed by atoms with E-state index in [0.717, 1.165) is 5.39 Å². The number of esters is 1. The molecule has 114 valence electrons. The molecule has 0 radical (unpaired) electrons. The third kappa shape index (κ3) is 2.93. The first-order chi connectivity index (χ1) is 11.2. The van der Waals surface area contributed by atoms with Crippen molar-refractivity contribution in [2.24, 2.45) is 0 Å². The maximum atomic E-state index is 12.4. The fourth-order valence-corrected chi connectivity index (χ4v) is 2.30. The van der Waals surface area contributed by atoms with Crippen LogP contribution in [-0.2, 0) is 11.3 Å². The molecule has 2 aromatic carbocycles. The fourth-order valence-electron chi connectivity index (χ4n) is 2.30. The van der Waals surface area contributed by atoms with E-state index in [2.05, 4.69) is 0 Å². The normalized spacial score (nSPS) is 10.4. The van der Waals surface area contributed by atoms with Gasteiger partial charge in [0.15, 0.2) is 0 Å². The predicted molar refractivity (Wildman–Crippen MR) is 83.0 cm³/mol. The zero-order valence-corrected chi connectivity index (χ0v) is 12.4. The number of fused-ring (bicyclic) bond motifs is 1. The third-order valence-corrected chi connectivity index (χ3v) is 3.37. The molecule has 0 bridgehead atoms. The highest BCUT2D eigenvalue weighted by Crippen LogP contribution is 2.27. The number of hydrogen-bond acceptors (Lipinski definition) is 5. The Kier molecular flexibility index (Phi) is 4.09. The second-order valence-electron chi connectivity index (χ2n) is 4.86. The van der Waals surface area contributed by atoms with E-state index in [1.165, 1.54) is 0 Å². The minimum Gasteiger partial charge on any atom is -0.449 e. The number of furan rings is 1. The molecule has 3 aromatic rings. The average Bonchev–Trinajstić information content (AvgIpc) is 2.95. The smallest absolute Gasteiger partial charge is 0.380 e. The molecule has 1 heterocycles. The first-order valence-electron chi connectivity index (χ1n) is 6.94. The van der Waals surface area contributed by atoms with E-state index >= 15 is 0 Å². The molecule has 0 amide bonds. The molecule has 5 nitrogen and oxygen atoms in total. The highest BCUT2D eigenvalue weighted by atomic mass is 16.5. The van der Waals surface area contributed by atoms with Crippen molar-refractivity contribution in [1.82, 2.24) is 0 Å². The van der Waals surface area contributed by atoms with Crippen LogP contribution in [0.5, 0.6) is 5.75 Å². The molecule has 5 heteroatoms. The number of hydrogen-bond donors (Lipinski definition) is 0. The van der Waals surface area contributed by atoms with Gasteiger partial charge >= 0.3 is 5.97 Å². The van der Waals surface area contributed by atoms with Crippen LogP contribution in [0.4, 0.5) is 0 Å². The van der Waals surface area contributed by atoms with Gasteiger partial charge in [0.2, 0.25) is 5.76 Å². The second-order valence-corrected chi connectivity index (χ2v) is 4.86. The lowest BCUT2D eigenvalue weighted by Crippen LogP contribution is -2.10. The topological polar surface area (TPSA) is 72.5 Å². The number of methoxy groups -OCH3 is 1. The van der Waals surface area contributed by atoms with Crippen molar-refractivity contribution in [1.29, 1.82) is 5.26 Å². The van der Waals surface area contributed by atoms with Gasteiger partial charge in [-0.3, -0.25) is 0 Å². The summed E-state index contributed by atoms with van der Waals surface area (Å²) in [6.45, 7) is 0.245. The van der Waals surface area contributed by atoms with Gasteiger partial charge in [-0.15, -0.1) is 0 Å². The average molecular weight is 307 g/mol. The van der Waals surface area contributed by atoms with E-state index in [9.17, 15) is 4.79 Å². The highest BCUT2D eigenvalue weighted by Gasteiger charge is 2.22. The molecule has 0 fully saturated rings. The molecule has 3 rings (SSSR count). The van der Waals surface area contributed by atoms with Crippen LogP contribution in [0.1, 0.15) is 21.7 Å². The first-order valence-corrected chi connectivity index (χ1v) is 6.94. The number of para-hydroxylation sites is 1. The lowest BCUT2D eigenvalue weighted by atomic mass is 10.1. The largest absolute Gasteiger partial charge is 0.449 e. The summed E-state index contributed by atoms with van der Waals surface area (Å²) in [7, 11) is 1.55. The van der Waals surface area contributed by atoms with Crippen LogP contribution in [0.2, 0.25) is 0 Å². The molecular weight excluding hydrogens is 294 g/mol. The summed E-state index contributed by atoms with van der Waals surface area (Å²) in [6.07, 6.45) is 0. The van der Waals surface area contributed by atoms with Gasteiger partial charge in [0.1, 0.15) is 11.3 Å². The SMILES string of the molecule is COCc1c(C(=O)Oc2ccc(C#N)cc2)oc2ccccc12. The number of nitriles is 1. The number of carbonyl (C=O) groups excluding carboxylic acids is 1. The molecule has 0 aliphatic carbocycles. The Bertz CT molecular complexity index is 888. The fraction of sp³-hybridized carbons (Fsp3) is 0.111. The van der Waals surface area contributed by atoms with E-state index in [0.29, 0.717) is 22.5 Å². The Labute approximate surface area is 132 Å². The van der Waals surface area contributed by atoms with Gasteiger partial charge in [0, 0.05) is 18.1 Å². The molecular formula is C18H13NO4. The van der Waals surface area contributed by atoms with Gasteiger partial charge in [-0.1, -0.05) is 18.2 Å². The highest BCUT2D eigenvalue weighted by molar-refractivity contribution is 5.97. The Balaban J connectivity index is 1.93. The maximum Gasteiger partial charge on any atom is 0.380 e. The van der Waals surface area contributed by atoms with Crippen LogP contribution >= 0.6 is 0 Å². The van der Waals surface area contributed by atoms with Crippen molar-refractivity contribution in [3.63, 3.8) is 0 Å². The third-order valence-electron chi connectivity index (χ3n) is 3.37. The summed E-state index contributed by atoms with van der Waals surface area (Å²) in [5, 5.41) is 9.60. The van der Waals surface area contributed by atoms with E-state index in [1.54, 1.807) is 37.4 Å². The molecule has 1 aromatic heterocycles. The van der Waals surface area contributed by atoms with E-state index in [4.69, 9.17) is 19.2 Å². The zero-order chi connectivity index (χ0) is 16.2. The molecule has 0 saturated heterocycles. The first kappa shape index (κ1) is 14.8. The van der Waals surface area contributed by atoms with Crippen LogP contribution in [0.3, 0.4) is 0 Å². The predicted octanol–water partition coefficient (Wildman–Crippen LogP) is 3.67. The minimum absolute atomic E-state index is 0.123. The minimum atomic E-state index is -0.599. The Morgan fingerprint density at radius 3 is 2.61 bits per heavy atom. The van der Waals surface area contributed by atoms with Gasteiger partial charge < -0.3 is 13.9 Å². The summed E-state index contributed by atoms with van der Waals surface area (Å²) in [6, 6.07) is 15.6. The number of ether oxygens (including phenoxy) is 2. The van der Waals surface area contributed by atoms with Gasteiger partial charge in [-0.05, 0) is 30.3 Å². The van der Waals surface area contributed by atoms with Crippen molar-refractivity contribution in [3.05, 3.63) is 65.4 Å². The van der Waals surface area contributed by atoms with Gasteiger partial charge in [0.25, 0.3) is 0 Å². The van der Waals surface area contributed by atoms with Crippen LogP contribution < -0.4 is 4.74 Å². The molecule has 0 atom stereocenters. The van der Waals surface area contributed by atoms with Gasteiger partial charge in [-0.2, -0.15) is 5.26 Å². The van der Waals surface area contributed by atoms with Crippen LogP contribution in [0.15, 0.2) is 52.9 Å². The quantitative estimate of drug-likeness (QED) is 0.543. The Morgan fingerprint density at radius 1 is 1.17 bits per heavy atom. The second kappa shape index (κ2) is 6.34.